The maximum atomic E-state index is 12.8. The van der Waals surface area contributed by atoms with Crippen LogP contribution in [0.2, 0.25) is 5.02 Å². The Kier molecular flexibility index (Phi) is 6.84. The zero-order chi connectivity index (χ0) is 21.7. The molecule has 3 aromatic rings. The van der Waals surface area contributed by atoms with Crippen LogP contribution in [0.1, 0.15) is 5.56 Å². The molecule has 0 atom stereocenters. The molecular formula is C20H15ClF3N3O2S. The van der Waals surface area contributed by atoms with Gasteiger partial charge in [-0.3, -0.25) is 4.79 Å². The molecule has 1 aromatic heterocycles. The van der Waals surface area contributed by atoms with Crippen LogP contribution < -0.4 is 10.1 Å². The van der Waals surface area contributed by atoms with Gasteiger partial charge in [0.25, 0.3) is 0 Å². The van der Waals surface area contributed by atoms with Crippen molar-refractivity contribution in [3.05, 3.63) is 65.2 Å². The van der Waals surface area contributed by atoms with Crippen molar-refractivity contribution in [2.24, 2.45) is 0 Å². The number of rotatable bonds is 6. The highest BCUT2D eigenvalue weighted by Crippen LogP contribution is 2.34. The van der Waals surface area contributed by atoms with E-state index in [1.165, 1.54) is 0 Å². The lowest BCUT2D eigenvalue weighted by Gasteiger charge is -2.11. The number of alkyl halides is 3. The third kappa shape index (κ3) is 5.64. The molecule has 2 aromatic carbocycles. The van der Waals surface area contributed by atoms with Gasteiger partial charge in [0.1, 0.15) is 10.8 Å². The van der Waals surface area contributed by atoms with Crippen molar-refractivity contribution in [2.75, 3.05) is 18.2 Å². The van der Waals surface area contributed by atoms with E-state index in [0.29, 0.717) is 10.7 Å². The van der Waals surface area contributed by atoms with Crippen LogP contribution in [0.15, 0.2) is 59.6 Å². The number of hydrogen-bond acceptors (Lipinski definition) is 5. The molecule has 0 radical (unpaired) electrons. The molecule has 5 nitrogen and oxygen atoms in total. The molecule has 0 aliphatic carbocycles. The summed E-state index contributed by atoms with van der Waals surface area (Å²) in [6.07, 6.45) is -4.53. The maximum absolute atomic E-state index is 12.8. The van der Waals surface area contributed by atoms with Crippen molar-refractivity contribution in [1.82, 2.24) is 10.2 Å². The lowest BCUT2D eigenvalue weighted by molar-refractivity contribution is -0.137. The highest BCUT2D eigenvalue weighted by atomic mass is 35.5. The molecule has 0 fully saturated rings. The number of halogens is 4. The Balaban J connectivity index is 1.60. The first kappa shape index (κ1) is 21.9. The van der Waals surface area contributed by atoms with E-state index in [0.717, 1.165) is 41.3 Å². The van der Waals surface area contributed by atoms with Crippen LogP contribution in [0.25, 0.3) is 11.3 Å². The maximum Gasteiger partial charge on any atom is 0.416 e. The van der Waals surface area contributed by atoms with Crippen molar-refractivity contribution >= 4 is 35.0 Å². The fourth-order valence-corrected chi connectivity index (χ4v) is 3.21. The molecule has 1 amide bonds. The standard InChI is InChI=1S/C20H15ClF3N3O2S/c1-29-14-5-2-12(3-6-14)16-8-9-19(27-26-16)30-11-18(28)25-17-10-13(20(22,23)24)4-7-15(17)21/h2-10H,11H2,1H3,(H,25,28). The third-order valence-corrected chi connectivity index (χ3v) is 5.19. The second-order valence-electron chi connectivity index (χ2n) is 6.01. The van der Waals surface area contributed by atoms with Crippen LogP contribution in [0.3, 0.4) is 0 Å². The van der Waals surface area contributed by atoms with E-state index in [1.807, 2.05) is 24.3 Å². The molecule has 0 unspecified atom stereocenters. The summed E-state index contributed by atoms with van der Waals surface area (Å²) >= 11 is 6.99. The molecule has 0 bridgehead atoms. The number of hydrogen-bond donors (Lipinski definition) is 1. The Morgan fingerprint density at radius 3 is 2.43 bits per heavy atom. The number of ether oxygens (including phenoxy) is 1. The molecule has 156 valence electrons. The zero-order valence-electron chi connectivity index (χ0n) is 15.5. The first-order valence-electron chi connectivity index (χ1n) is 8.54. The predicted molar refractivity (Wildman–Crippen MR) is 110 cm³/mol. The highest BCUT2D eigenvalue weighted by Gasteiger charge is 2.31. The smallest absolute Gasteiger partial charge is 0.416 e. The summed E-state index contributed by atoms with van der Waals surface area (Å²) < 4.78 is 43.6. The van der Waals surface area contributed by atoms with E-state index in [-0.39, 0.29) is 16.5 Å². The molecule has 30 heavy (non-hydrogen) atoms. The molecule has 10 heteroatoms. The van der Waals surface area contributed by atoms with Gasteiger partial charge in [0.2, 0.25) is 5.91 Å². The van der Waals surface area contributed by atoms with Crippen LogP contribution in [0, 0.1) is 0 Å². The molecule has 0 saturated heterocycles. The van der Waals surface area contributed by atoms with Gasteiger partial charge in [-0.25, -0.2) is 0 Å². The van der Waals surface area contributed by atoms with E-state index in [1.54, 1.807) is 19.2 Å². The van der Waals surface area contributed by atoms with Crippen molar-refractivity contribution in [3.63, 3.8) is 0 Å². The van der Waals surface area contributed by atoms with Crippen molar-refractivity contribution < 1.29 is 22.7 Å². The predicted octanol–water partition coefficient (Wildman–Crippen LogP) is 5.56. The van der Waals surface area contributed by atoms with Crippen molar-refractivity contribution in [3.8, 4) is 17.0 Å². The minimum absolute atomic E-state index is 0.0185. The topological polar surface area (TPSA) is 64.1 Å². The quantitative estimate of drug-likeness (QED) is 0.495. The molecular weight excluding hydrogens is 439 g/mol. The normalized spacial score (nSPS) is 11.2. The number of methoxy groups -OCH3 is 1. The summed E-state index contributed by atoms with van der Waals surface area (Å²) in [6, 6.07) is 13.5. The second-order valence-corrected chi connectivity index (χ2v) is 7.42. The third-order valence-electron chi connectivity index (χ3n) is 3.94. The summed E-state index contributed by atoms with van der Waals surface area (Å²) in [4.78, 5) is 12.1. The van der Waals surface area contributed by atoms with Gasteiger partial charge in [0.15, 0.2) is 0 Å². The number of carbonyl (C=O) groups is 1. The van der Waals surface area contributed by atoms with E-state index in [9.17, 15) is 18.0 Å². The SMILES string of the molecule is COc1ccc(-c2ccc(SCC(=O)Nc3cc(C(F)(F)F)ccc3Cl)nn2)cc1. The lowest BCUT2D eigenvalue weighted by atomic mass is 10.1. The number of anilines is 1. The summed E-state index contributed by atoms with van der Waals surface area (Å²) in [5.41, 5.74) is 0.520. The molecule has 0 spiro atoms. The van der Waals surface area contributed by atoms with Crippen LogP contribution in [-0.2, 0) is 11.0 Å². The summed E-state index contributed by atoms with van der Waals surface area (Å²) in [5, 5.41) is 11.1. The molecule has 0 saturated carbocycles. The van der Waals surface area contributed by atoms with Gasteiger partial charge in [-0.2, -0.15) is 13.2 Å². The molecule has 1 N–H and O–H groups in total. The number of benzene rings is 2. The van der Waals surface area contributed by atoms with Gasteiger partial charge in [-0.1, -0.05) is 23.4 Å². The van der Waals surface area contributed by atoms with Crippen LogP contribution in [0.5, 0.6) is 5.75 Å². The van der Waals surface area contributed by atoms with Gasteiger partial charge in [0.05, 0.1) is 34.8 Å². The van der Waals surface area contributed by atoms with Gasteiger partial charge < -0.3 is 10.1 Å². The largest absolute Gasteiger partial charge is 0.497 e. The number of thioether (sulfide) groups is 1. The lowest BCUT2D eigenvalue weighted by Crippen LogP contribution is -2.15. The average Bonchev–Trinajstić information content (AvgIpc) is 2.73. The minimum Gasteiger partial charge on any atom is -0.497 e. The molecule has 1 heterocycles. The Labute approximate surface area is 179 Å². The van der Waals surface area contributed by atoms with Gasteiger partial charge >= 0.3 is 6.18 Å². The van der Waals surface area contributed by atoms with Crippen molar-refractivity contribution in [2.45, 2.75) is 11.2 Å². The number of nitrogens with zero attached hydrogens (tertiary/aromatic N) is 2. The molecule has 0 aliphatic rings. The number of carbonyl (C=O) groups excluding carboxylic acids is 1. The van der Waals surface area contributed by atoms with Gasteiger partial charge in [0, 0.05) is 5.56 Å². The zero-order valence-corrected chi connectivity index (χ0v) is 17.1. The Morgan fingerprint density at radius 1 is 1.10 bits per heavy atom. The number of aromatic nitrogens is 2. The first-order valence-corrected chi connectivity index (χ1v) is 9.90. The van der Waals surface area contributed by atoms with E-state index in [4.69, 9.17) is 16.3 Å². The fourth-order valence-electron chi connectivity index (χ4n) is 2.44. The van der Waals surface area contributed by atoms with Crippen LogP contribution in [0.4, 0.5) is 18.9 Å². The molecule has 0 aliphatic heterocycles. The summed E-state index contributed by atoms with van der Waals surface area (Å²) in [5.74, 6) is 0.149. The van der Waals surface area contributed by atoms with Gasteiger partial charge in [-0.15, -0.1) is 10.2 Å². The molecule has 3 rings (SSSR count). The average molecular weight is 454 g/mol. The van der Waals surface area contributed by atoms with Crippen LogP contribution in [-0.4, -0.2) is 29.0 Å². The van der Waals surface area contributed by atoms with Crippen LogP contribution >= 0.6 is 23.4 Å². The van der Waals surface area contributed by atoms with E-state index in [2.05, 4.69) is 15.5 Å². The minimum atomic E-state index is -4.53. The Morgan fingerprint density at radius 2 is 1.83 bits per heavy atom. The van der Waals surface area contributed by atoms with Gasteiger partial charge in [-0.05, 0) is 54.6 Å². The summed E-state index contributed by atoms with van der Waals surface area (Å²) in [7, 11) is 1.58. The second kappa shape index (κ2) is 9.36. The Hall–Kier alpha value is -2.78. The van der Waals surface area contributed by atoms with E-state index < -0.39 is 17.6 Å². The highest BCUT2D eigenvalue weighted by molar-refractivity contribution is 7.99. The number of amides is 1. The summed E-state index contributed by atoms with van der Waals surface area (Å²) in [6.45, 7) is 0. The van der Waals surface area contributed by atoms with E-state index >= 15 is 0 Å². The Bertz CT molecular complexity index is 1030. The monoisotopic (exact) mass is 453 g/mol. The first-order chi connectivity index (χ1) is 14.3. The fraction of sp³-hybridized carbons (Fsp3) is 0.150. The number of nitrogens with one attached hydrogen (secondary N) is 1. The van der Waals surface area contributed by atoms with Crippen molar-refractivity contribution in [1.29, 1.82) is 0 Å².